The zero-order valence-corrected chi connectivity index (χ0v) is 9.44. The molecule has 0 aliphatic rings. The number of nitrogens with one attached hydrogen (secondary N) is 1. The molecule has 88 valence electrons. The molecule has 0 aliphatic carbocycles. The molecule has 0 atom stereocenters. The molecule has 4 nitrogen and oxygen atoms in total. The normalized spacial score (nSPS) is 10.2. The lowest BCUT2D eigenvalue weighted by atomic mass is 10.2. The quantitative estimate of drug-likeness (QED) is 0.472. The van der Waals surface area contributed by atoms with Crippen LogP contribution >= 0.6 is 0 Å². The van der Waals surface area contributed by atoms with Crippen LogP contribution in [0, 0.1) is 6.92 Å². The number of aromatic hydroxyl groups is 2. The molecular weight excluding hydrogens is 216 g/mol. The minimum atomic E-state index is 0.0159. The second kappa shape index (κ2) is 4.25. The third kappa shape index (κ3) is 2.42. The van der Waals surface area contributed by atoms with Crippen molar-refractivity contribution in [2.75, 3.05) is 11.1 Å². The molecular formula is C13H14N2O2. The molecule has 0 spiro atoms. The highest BCUT2D eigenvalue weighted by molar-refractivity contribution is 5.70. The molecule has 2 aromatic carbocycles. The Bertz CT molecular complexity index is 553. The minimum Gasteiger partial charge on any atom is -0.506 e. The molecule has 4 heteroatoms. The number of phenolic OH excluding ortho intramolecular Hbond substituents is 2. The maximum Gasteiger partial charge on any atom is 0.140 e. The van der Waals surface area contributed by atoms with E-state index >= 15 is 0 Å². The van der Waals surface area contributed by atoms with Crippen LogP contribution in [0.4, 0.5) is 17.1 Å². The predicted molar refractivity (Wildman–Crippen MR) is 68.6 cm³/mol. The molecule has 2 rings (SSSR count). The van der Waals surface area contributed by atoms with E-state index in [0.717, 1.165) is 5.56 Å². The van der Waals surface area contributed by atoms with Crippen LogP contribution in [0.15, 0.2) is 36.4 Å². The molecule has 0 radical (unpaired) electrons. The number of hydrogen-bond donors (Lipinski definition) is 4. The molecule has 0 fully saturated rings. The maximum atomic E-state index is 9.67. The molecule has 0 unspecified atom stereocenters. The Hall–Kier alpha value is -2.36. The van der Waals surface area contributed by atoms with Gasteiger partial charge in [0.05, 0.1) is 11.4 Å². The molecule has 2 aromatic rings. The number of hydrogen-bond acceptors (Lipinski definition) is 4. The first-order valence-corrected chi connectivity index (χ1v) is 5.21. The van der Waals surface area contributed by atoms with Crippen molar-refractivity contribution in [1.82, 2.24) is 0 Å². The average Bonchev–Trinajstić information content (AvgIpc) is 2.29. The van der Waals surface area contributed by atoms with Gasteiger partial charge in [-0.3, -0.25) is 0 Å². The summed E-state index contributed by atoms with van der Waals surface area (Å²) in [6.45, 7) is 1.94. The van der Waals surface area contributed by atoms with Crippen LogP contribution < -0.4 is 11.1 Å². The van der Waals surface area contributed by atoms with Crippen LogP contribution in [-0.4, -0.2) is 10.2 Å². The van der Waals surface area contributed by atoms with Crippen molar-refractivity contribution in [2.24, 2.45) is 0 Å². The van der Waals surface area contributed by atoms with Crippen LogP contribution in [0.25, 0.3) is 0 Å². The second-order valence-corrected chi connectivity index (χ2v) is 3.92. The molecule has 0 bridgehead atoms. The fraction of sp³-hybridized carbons (Fsp3) is 0.0769. The highest BCUT2D eigenvalue weighted by atomic mass is 16.3. The van der Waals surface area contributed by atoms with Crippen molar-refractivity contribution in [3.63, 3.8) is 0 Å². The molecule has 0 aromatic heterocycles. The lowest BCUT2D eigenvalue weighted by Gasteiger charge is -2.10. The molecule has 0 heterocycles. The topological polar surface area (TPSA) is 78.5 Å². The van der Waals surface area contributed by atoms with Gasteiger partial charge < -0.3 is 21.3 Å². The van der Waals surface area contributed by atoms with Gasteiger partial charge in [-0.1, -0.05) is 6.07 Å². The van der Waals surface area contributed by atoms with Crippen molar-refractivity contribution in [2.45, 2.75) is 6.92 Å². The molecule has 0 aliphatic heterocycles. The summed E-state index contributed by atoms with van der Waals surface area (Å²) in [6, 6.07) is 10.1. The maximum absolute atomic E-state index is 9.67. The van der Waals surface area contributed by atoms with Crippen LogP contribution in [-0.2, 0) is 0 Å². The average molecular weight is 230 g/mol. The van der Waals surface area contributed by atoms with Crippen LogP contribution in [0.5, 0.6) is 11.5 Å². The smallest absolute Gasteiger partial charge is 0.140 e. The van der Waals surface area contributed by atoms with Gasteiger partial charge in [-0.2, -0.15) is 0 Å². The summed E-state index contributed by atoms with van der Waals surface area (Å²) in [5.74, 6) is 0.175. The Morgan fingerprint density at radius 1 is 1.00 bits per heavy atom. The summed E-state index contributed by atoms with van der Waals surface area (Å²) in [6.07, 6.45) is 0. The largest absolute Gasteiger partial charge is 0.506 e. The summed E-state index contributed by atoms with van der Waals surface area (Å²) in [4.78, 5) is 0. The first-order chi connectivity index (χ1) is 8.06. The van der Waals surface area contributed by atoms with Gasteiger partial charge >= 0.3 is 0 Å². The predicted octanol–water partition coefficient (Wildman–Crippen LogP) is 2.73. The van der Waals surface area contributed by atoms with Crippen LogP contribution in [0.1, 0.15) is 5.56 Å². The van der Waals surface area contributed by atoms with E-state index in [1.807, 2.05) is 19.1 Å². The summed E-state index contributed by atoms with van der Waals surface area (Å²) >= 11 is 0. The SMILES string of the molecule is Cc1ccc(O)c(Nc2ccc(N)c(O)c2)c1. The number of anilines is 3. The van der Waals surface area contributed by atoms with Gasteiger partial charge in [0.2, 0.25) is 0 Å². The first-order valence-electron chi connectivity index (χ1n) is 5.21. The standard InChI is InChI=1S/C13H14N2O2/c1-8-2-5-12(16)11(6-8)15-9-3-4-10(14)13(17)7-9/h2-7,15-17H,14H2,1H3. The van der Waals surface area contributed by atoms with E-state index < -0.39 is 0 Å². The first kappa shape index (κ1) is 11.1. The van der Waals surface area contributed by atoms with Gasteiger partial charge in [0.25, 0.3) is 0 Å². The minimum absolute atomic E-state index is 0.0159. The molecule has 5 N–H and O–H groups in total. The Labute approximate surface area is 99.3 Å². The second-order valence-electron chi connectivity index (χ2n) is 3.92. The van der Waals surface area contributed by atoms with Crippen LogP contribution in [0.3, 0.4) is 0 Å². The monoisotopic (exact) mass is 230 g/mol. The molecule has 17 heavy (non-hydrogen) atoms. The van der Waals surface area contributed by atoms with Gasteiger partial charge in [0, 0.05) is 11.8 Å². The van der Waals surface area contributed by atoms with E-state index in [2.05, 4.69) is 5.32 Å². The molecule has 0 saturated heterocycles. The third-order valence-electron chi connectivity index (χ3n) is 2.46. The van der Waals surface area contributed by atoms with Gasteiger partial charge in [-0.15, -0.1) is 0 Å². The molecule has 0 saturated carbocycles. The number of nitrogens with two attached hydrogens (primary N) is 1. The lowest BCUT2D eigenvalue weighted by molar-refractivity contribution is 0.476. The van der Waals surface area contributed by atoms with Crippen molar-refractivity contribution in [3.8, 4) is 11.5 Å². The number of rotatable bonds is 2. The summed E-state index contributed by atoms with van der Waals surface area (Å²) in [5.41, 5.74) is 8.12. The Kier molecular flexibility index (Phi) is 2.78. The Morgan fingerprint density at radius 2 is 1.76 bits per heavy atom. The number of nitrogen functional groups attached to an aromatic ring is 1. The third-order valence-corrected chi connectivity index (χ3v) is 2.46. The fourth-order valence-corrected chi connectivity index (χ4v) is 1.53. The van der Waals surface area contributed by atoms with Crippen molar-refractivity contribution in [3.05, 3.63) is 42.0 Å². The van der Waals surface area contributed by atoms with E-state index in [1.165, 1.54) is 6.07 Å². The van der Waals surface area contributed by atoms with Crippen molar-refractivity contribution < 1.29 is 10.2 Å². The van der Waals surface area contributed by atoms with E-state index in [-0.39, 0.29) is 11.5 Å². The highest BCUT2D eigenvalue weighted by Gasteiger charge is 2.03. The van der Waals surface area contributed by atoms with Crippen molar-refractivity contribution in [1.29, 1.82) is 0 Å². The highest BCUT2D eigenvalue weighted by Crippen LogP contribution is 2.30. The Balaban J connectivity index is 2.31. The zero-order valence-electron chi connectivity index (χ0n) is 9.44. The van der Waals surface area contributed by atoms with Gasteiger partial charge in [-0.25, -0.2) is 0 Å². The van der Waals surface area contributed by atoms with Crippen LogP contribution in [0.2, 0.25) is 0 Å². The lowest BCUT2D eigenvalue weighted by Crippen LogP contribution is -1.93. The fourth-order valence-electron chi connectivity index (χ4n) is 1.53. The van der Waals surface area contributed by atoms with Gasteiger partial charge in [0.1, 0.15) is 11.5 Å². The number of benzene rings is 2. The number of aryl methyl sites for hydroxylation is 1. The van der Waals surface area contributed by atoms with Gasteiger partial charge in [-0.05, 0) is 36.8 Å². The van der Waals surface area contributed by atoms with Crippen molar-refractivity contribution >= 4 is 17.1 Å². The Morgan fingerprint density at radius 3 is 2.47 bits per heavy atom. The molecule has 0 amide bonds. The van der Waals surface area contributed by atoms with E-state index in [9.17, 15) is 10.2 Å². The summed E-state index contributed by atoms with van der Waals surface area (Å²) in [7, 11) is 0. The van der Waals surface area contributed by atoms with E-state index in [0.29, 0.717) is 17.1 Å². The summed E-state index contributed by atoms with van der Waals surface area (Å²) < 4.78 is 0. The van der Waals surface area contributed by atoms with E-state index in [4.69, 9.17) is 5.73 Å². The number of phenols is 2. The van der Waals surface area contributed by atoms with Gasteiger partial charge in [0.15, 0.2) is 0 Å². The zero-order chi connectivity index (χ0) is 12.4. The van der Waals surface area contributed by atoms with E-state index in [1.54, 1.807) is 18.2 Å². The summed E-state index contributed by atoms with van der Waals surface area (Å²) in [5, 5.41) is 22.2.